The van der Waals surface area contributed by atoms with Crippen LogP contribution in [-0.4, -0.2) is 37.0 Å². The number of hydrogen-bond acceptors (Lipinski definition) is 4. The fraction of sp³-hybridized carbons (Fsp3) is 0.300. The van der Waals surface area contributed by atoms with E-state index in [1.54, 1.807) is 38.1 Å². The molecule has 0 aliphatic carbocycles. The number of ether oxygens (including phenoxy) is 1. The summed E-state index contributed by atoms with van der Waals surface area (Å²) < 4.78 is 18.3. The molecule has 5 nitrogen and oxygen atoms in total. The number of hydrogen-bond donors (Lipinski definition) is 1. The molecule has 138 valence electrons. The summed E-state index contributed by atoms with van der Waals surface area (Å²) in [6.07, 6.45) is 0. The number of carbonyl (C=O) groups excluding carboxylic acids is 2. The van der Waals surface area contributed by atoms with Crippen LogP contribution in [0.2, 0.25) is 0 Å². The van der Waals surface area contributed by atoms with Crippen LogP contribution in [0.25, 0.3) is 0 Å². The van der Waals surface area contributed by atoms with Gasteiger partial charge in [-0.25, -0.2) is 9.18 Å². The van der Waals surface area contributed by atoms with Crippen LogP contribution in [0.15, 0.2) is 42.5 Å². The van der Waals surface area contributed by atoms with E-state index in [4.69, 9.17) is 0 Å². The molecule has 0 aliphatic rings. The summed E-state index contributed by atoms with van der Waals surface area (Å²) in [6.45, 7) is 3.98. The third-order valence-electron chi connectivity index (χ3n) is 4.29. The molecule has 0 bridgehead atoms. The van der Waals surface area contributed by atoms with Gasteiger partial charge < -0.3 is 10.1 Å². The highest BCUT2D eigenvalue weighted by Crippen LogP contribution is 2.15. The summed E-state index contributed by atoms with van der Waals surface area (Å²) in [7, 11) is 3.17. The molecule has 0 aliphatic heterocycles. The van der Waals surface area contributed by atoms with Crippen LogP contribution in [-0.2, 0) is 16.1 Å². The Hall–Kier alpha value is -2.73. The molecule has 2 aromatic rings. The minimum Gasteiger partial charge on any atom is -0.465 e. The van der Waals surface area contributed by atoms with Gasteiger partial charge in [0.05, 0.1) is 18.7 Å². The lowest BCUT2D eigenvalue weighted by Gasteiger charge is -2.24. The van der Waals surface area contributed by atoms with E-state index < -0.39 is 6.04 Å². The minimum atomic E-state index is -0.417. The number of aryl methyl sites for hydroxylation is 1. The summed E-state index contributed by atoms with van der Waals surface area (Å²) in [5.41, 5.74) is 2.40. The van der Waals surface area contributed by atoms with E-state index in [-0.39, 0.29) is 17.7 Å². The van der Waals surface area contributed by atoms with Crippen molar-refractivity contribution in [1.29, 1.82) is 0 Å². The molecule has 1 unspecified atom stereocenters. The van der Waals surface area contributed by atoms with Crippen molar-refractivity contribution in [3.8, 4) is 0 Å². The molecule has 0 radical (unpaired) electrons. The Morgan fingerprint density at radius 1 is 1.19 bits per heavy atom. The van der Waals surface area contributed by atoms with Gasteiger partial charge in [0.25, 0.3) is 0 Å². The highest BCUT2D eigenvalue weighted by atomic mass is 19.1. The Morgan fingerprint density at radius 2 is 1.85 bits per heavy atom. The van der Waals surface area contributed by atoms with Gasteiger partial charge in [0.2, 0.25) is 5.91 Å². The topological polar surface area (TPSA) is 58.6 Å². The highest BCUT2D eigenvalue weighted by Gasteiger charge is 2.19. The van der Waals surface area contributed by atoms with Crippen molar-refractivity contribution < 1.29 is 18.7 Å². The lowest BCUT2D eigenvalue weighted by molar-refractivity contribution is -0.120. The second-order valence-corrected chi connectivity index (χ2v) is 6.23. The first-order valence-electron chi connectivity index (χ1n) is 8.26. The molecule has 1 atom stereocenters. The van der Waals surface area contributed by atoms with Gasteiger partial charge in [-0.1, -0.05) is 18.2 Å². The predicted octanol–water partition coefficient (Wildman–Crippen LogP) is 3.38. The molecule has 0 spiro atoms. The van der Waals surface area contributed by atoms with Crippen LogP contribution in [0.3, 0.4) is 0 Å². The number of rotatable bonds is 6. The Labute approximate surface area is 152 Å². The van der Waals surface area contributed by atoms with Gasteiger partial charge >= 0.3 is 5.97 Å². The van der Waals surface area contributed by atoms with Crippen molar-refractivity contribution in [2.24, 2.45) is 0 Å². The molecule has 2 aromatic carbocycles. The van der Waals surface area contributed by atoms with Gasteiger partial charge in [0.1, 0.15) is 5.82 Å². The van der Waals surface area contributed by atoms with E-state index in [0.717, 1.165) is 5.56 Å². The summed E-state index contributed by atoms with van der Waals surface area (Å²) in [5.74, 6) is -0.959. The fourth-order valence-corrected chi connectivity index (χ4v) is 2.41. The van der Waals surface area contributed by atoms with Crippen LogP contribution in [0.5, 0.6) is 0 Å². The zero-order valence-corrected chi connectivity index (χ0v) is 15.4. The number of anilines is 1. The average molecular weight is 358 g/mol. The normalized spacial score (nSPS) is 11.9. The Kier molecular flexibility index (Phi) is 6.46. The summed E-state index contributed by atoms with van der Waals surface area (Å²) in [4.78, 5) is 25.7. The fourth-order valence-electron chi connectivity index (χ4n) is 2.41. The SMILES string of the molecule is COC(=O)c1ccc(CN(C)C(C)C(=O)Nc2ccc(C)c(F)c2)cc1. The summed E-state index contributed by atoms with van der Waals surface area (Å²) >= 11 is 0. The molecular weight excluding hydrogens is 335 g/mol. The maximum Gasteiger partial charge on any atom is 0.337 e. The van der Waals surface area contributed by atoms with Gasteiger partial charge in [-0.15, -0.1) is 0 Å². The monoisotopic (exact) mass is 358 g/mol. The zero-order valence-electron chi connectivity index (χ0n) is 15.4. The number of nitrogens with zero attached hydrogens (tertiary/aromatic N) is 1. The highest BCUT2D eigenvalue weighted by molar-refractivity contribution is 5.94. The van der Waals surface area contributed by atoms with Gasteiger partial charge in [-0.05, 0) is 56.3 Å². The van der Waals surface area contributed by atoms with E-state index in [1.807, 2.05) is 24.1 Å². The Balaban J connectivity index is 1.97. The van der Waals surface area contributed by atoms with Gasteiger partial charge in [-0.3, -0.25) is 9.69 Å². The van der Waals surface area contributed by atoms with Crippen molar-refractivity contribution in [3.05, 3.63) is 65.0 Å². The van der Waals surface area contributed by atoms with E-state index in [9.17, 15) is 14.0 Å². The first-order valence-corrected chi connectivity index (χ1v) is 8.26. The first kappa shape index (κ1) is 19.6. The maximum atomic E-state index is 13.6. The first-order chi connectivity index (χ1) is 12.3. The van der Waals surface area contributed by atoms with Crippen molar-refractivity contribution in [1.82, 2.24) is 4.90 Å². The van der Waals surface area contributed by atoms with Gasteiger partial charge in [-0.2, -0.15) is 0 Å². The molecule has 1 N–H and O–H groups in total. The molecular formula is C20H23FN2O3. The second-order valence-electron chi connectivity index (χ2n) is 6.23. The van der Waals surface area contributed by atoms with Crippen molar-refractivity contribution in [3.63, 3.8) is 0 Å². The van der Waals surface area contributed by atoms with E-state index in [0.29, 0.717) is 23.4 Å². The lowest BCUT2D eigenvalue weighted by Crippen LogP contribution is -2.39. The van der Waals surface area contributed by atoms with Crippen LogP contribution >= 0.6 is 0 Å². The van der Waals surface area contributed by atoms with Crippen molar-refractivity contribution in [2.75, 3.05) is 19.5 Å². The van der Waals surface area contributed by atoms with Gasteiger partial charge in [0.15, 0.2) is 0 Å². The molecule has 2 rings (SSSR count). The minimum absolute atomic E-state index is 0.220. The molecule has 0 saturated heterocycles. The number of nitrogens with one attached hydrogen (secondary N) is 1. The number of esters is 1. The van der Waals surface area contributed by atoms with Crippen molar-refractivity contribution in [2.45, 2.75) is 26.4 Å². The van der Waals surface area contributed by atoms with Crippen LogP contribution in [0.4, 0.5) is 10.1 Å². The van der Waals surface area contributed by atoms with Crippen LogP contribution in [0.1, 0.15) is 28.4 Å². The number of likely N-dealkylation sites (N-methyl/N-ethyl adjacent to an activating group) is 1. The number of amides is 1. The summed E-state index contributed by atoms with van der Waals surface area (Å²) in [6, 6.07) is 11.2. The quantitative estimate of drug-likeness (QED) is 0.805. The Morgan fingerprint density at radius 3 is 2.42 bits per heavy atom. The van der Waals surface area contributed by atoms with E-state index in [2.05, 4.69) is 10.1 Å². The molecule has 1 amide bonds. The van der Waals surface area contributed by atoms with Gasteiger partial charge in [0, 0.05) is 12.2 Å². The number of halogens is 1. The molecule has 0 fully saturated rings. The molecule has 6 heteroatoms. The summed E-state index contributed by atoms with van der Waals surface area (Å²) in [5, 5.41) is 2.73. The van der Waals surface area contributed by atoms with E-state index >= 15 is 0 Å². The third-order valence-corrected chi connectivity index (χ3v) is 4.29. The lowest BCUT2D eigenvalue weighted by atomic mass is 10.1. The third kappa shape index (κ3) is 4.89. The zero-order chi connectivity index (χ0) is 19.3. The van der Waals surface area contributed by atoms with Crippen LogP contribution in [0, 0.1) is 12.7 Å². The smallest absolute Gasteiger partial charge is 0.337 e. The Bertz CT molecular complexity index is 790. The molecule has 0 heterocycles. The second kappa shape index (κ2) is 8.58. The molecule has 26 heavy (non-hydrogen) atoms. The predicted molar refractivity (Wildman–Crippen MR) is 98.5 cm³/mol. The number of carbonyl (C=O) groups is 2. The number of benzene rings is 2. The van der Waals surface area contributed by atoms with E-state index in [1.165, 1.54) is 13.2 Å². The molecule has 0 aromatic heterocycles. The number of methoxy groups -OCH3 is 1. The van der Waals surface area contributed by atoms with Crippen LogP contribution < -0.4 is 5.32 Å². The standard InChI is InChI=1S/C20H23FN2O3/c1-13-5-10-17(11-18(13)21)22-19(24)14(2)23(3)12-15-6-8-16(9-7-15)20(25)26-4/h5-11,14H,12H2,1-4H3,(H,22,24). The van der Waals surface area contributed by atoms with Crippen molar-refractivity contribution >= 4 is 17.6 Å². The largest absolute Gasteiger partial charge is 0.465 e. The maximum absolute atomic E-state index is 13.6. The molecule has 0 saturated carbocycles. The average Bonchev–Trinajstić information content (AvgIpc) is 2.64.